The van der Waals surface area contributed by atoms with E-state index in [0.717, 1.165) is 0 Å². The molecule has 4 unspecified atom stereocenters. The zero-order valence-corrected chi connectivity index (χ0v) is 18.9. The van der Waals surface area contributed by atoms with Crippen LogP contribution >= 0.6 is 0 Å². The van der Waals surface area contributed by atoms with Crippen LogP contribution in [-0.4, -0.2) is 66.5 Å². The molecule has 174 valence electrons. The number of hydrogen-bond donors (Lipinski definition) is 2. The first-order valence-corrected chi connectivity index (χ1v) is 10.7. The lowest BCUT2D eigenvalue weighted by Gasteiger charge is -2.37. The molecule has 8 nitrogen and oxygen atoms in total. The Kier molecular flexibility index (Phi) is 7.45. The van der Waals surface area contributed by atoms with Crippen molar-refractivity contribution in [1.29, 1.82) is 0 Å². The SMILES string of the molecule is COc1cc(O)c(C(CC(=O)N2CC(C)OC(C)C2)C2C=CC(C(=O)O)=CC2)c(OC)c1. The van der Waals surface area contributed by atoms with Crippen molar-refractivity contribution in [2.75, 3.05) is 27.3 Å². The first-order chi connectivity index (χ1) is 15.2. The first-order valence-electron chi connectivity index (χ1n) is 10.7. The highest BCUT2D eigenvalue weighted by Gasteiger charge is 2.34. The largest absolute Gasteiger partial charge is 0.507 e. The van der Waals surface area contributed by atoms with E-state index in [1.165, 1.54) is 20.3 Å². The van der Waals surface area contributed by atoms with Crippen LogP contribution in [0.15, 0.2) is 35.9 Å². The van der Waals surface area contributed by atoms with Crippen molar-refractivity contribution in [1.82, 2.24) is 4.90 Å². The van der Waals surface area contributed by atoms with Crippen molar-refractivity contribution < 1.29 is 34.0 Å². The molecule has 32 heavy (non-hydrogen) atoms. The Morgan fingerprint density at radius 2 is 1.88 bits per heavy atom. The second-order valence-electron chi connectivity index (χ2n) is 8.35. The number of allylic oxidation sites excluding steroid dienone is 2. The molecule has 1 aromatic rings. The van der Waals surface area contributed by atoms with Crippen LogP contribution in [0.5, 0.6) is 17.2 Å². The van der Waals surface area contributed by atoms with Crippen LogP contribution in [-0.2, 0) is 14.3 Å². The molecule has 1 aliphatic carbocycles. The molecule has 3 rings (SSSR count). The molecular weight excluding hydrogens is 414 g/mol. The van der Waals surface area contributed by atoms with Gasteiger partial charge in [0, 0.05) is 43.1 Å². The van der Waals surface area contributed by atoms with E-state index < -0.39 is 11.9 Å². The third kappa shape index (κ3) is 5.24. The minimum Gasteiger partial charge on any atom is -0.507 e. The van der Waals surface area contributed by atoms with E-state index in [9.17, 15) is 19.8 Å². The number of carbonyl (C=O) groups is 2. The predicted octanol–water partition coefficient (Wildman–Crippen LogP) is 3.11. The number of rotatable bonds is 7. The number of carboxylic acids is 1. The quantitative estimate of drug-likeness (QED) is 0.664. The fourth-order valence-electron chi connectivity index (χ4n) is 4.51. The number of methoxy groups -OCH3 is 2. The molecular formula is C24H31NO7. The summed E-state index contributed by atoms with van der Waals surface area (Å²) in [7, 11) is 3.00. The van der Waals surface area contributed by atoms with Gasteiger partial charge in [0.15, 0.2) is 0 Å². The topological polar surface area (TPSA) is 106 Å². The van der Waals surface area contributed by atoms with Gasteiger partial charge in [-0.2, -0.15) is 0 Å². The van der Waals surface area contributed by atoms with Crippen molar-refractivity contribution in [2.24, 2.45) is 5.92 Å². The molecule has 0 saturated carbocycles. The van der Waals surface area contributed by atoms with E-state index in [4.69, 9.17) is 14.2 Å². The molecule has 4 atom stereocenters. The van der Waals surface area contributed by atoms with Gasteiger partial charge in [0.2, 0.25) is 5.91 Å². The fraction of sp³-hybridized carbons (Fsp3) is 0.500. The number of carbonyl (C=O) groups excluding carboxylic acids is 1. The lowest BCUT2D eigenvalue weighted by atomic mass is 9.78. The summed E-state index contributed by atoms with van der Waals surface area (Å²) in [6, 6.07) is 3.18. The van der Waals surface area contributed by atoms with E-state index >= 15 is 0 Å². The summed E-state index contributed by atoms with van der Waals surface area (Å²) in [6.07, 6.45) is 5.47. The smallest absolute Gasteiger partial charge is 0.335 e. The summed E-state index contributed by atoms with van der Waals surface area (Å²) < 4.78 is 16.5. The number of carboxylic acid groups (broad SMARTS) is 1. The van der Waals surface area contributed by atoms with Crippen molar-refractivity contribution in [3.63, 3.8) is 0 Å². The molecule has 1 heterocycles. The van der Waals surface area contributed by atoms with Crippen LogP contribution in [0, 0.1) is 5.92 Å². The molecule has 0 radical (unpaired) electrons. The average molecular weight is 446 g/mol. The molecule has 1 aliphatic heterocycles. The first kappa shape index (κ1) is 23.7. The Bertz CT molecular complexity index is 913. The predicted molar refractivity (Wildman–Crippen MR) is 118 cm³/mol. The molecule has 1 aromatic carbocycles. The number of aromatic hydroxyl groups is 1. The Balaban J connectivity index is 1.95. The second-order valence-corrected chi connectivity index (χ2v) is 8.35. The van der Waals surface area contributed by atoms with Gasteiger partial charge >= 0.3 is 5.97 Å². The summed E-state index contributed by atoms with van der Waals surface area (Å²) in [4.78, 5) is 26.4. The third-order valence-corrected chi connectivity index (χ3v) is 5.98. The van der Waals surface area contributed by atoms with E-state index in [0.29, 0.717) is 36.6 Å². The van der Waals surface area contributed by atoms with Gasteiger partial charge in [-0.25, -0.2) is 4.79 Å². The molecule has 0 aromatic heterocycles. The van der Waals surface area contributed by atoms with Gasteiger partial charge in [0.05, 0.1) is 32.0 Å². The molecule has 0 spiro atoms. The van der Waals surface area contributed by atoms with Crippen LogP contribution in [0.2, 0.25) is 0 Å². The van der Waals surface area contributed by atoms with E-state index in [-0.39, 0.29) is 41.8 Å². The Hall–Kier alpha value is -3.00. The lowest BCUT2D eigenvalue weighted by molar-refractivity contribution is -0.143. The lowest BCUT2D eigenvalue weighted by Crippen LogP contribution is -2.48. The number of amides is 1. The van der Waals surface area contributed by atoms with Crippen molar-refractivity contribution in [2.45, 2.75) is 44.8 Å². The fourth-order valence-corrected chi connectivity index (χ4v) is 4.51. The van der Waals surface area contributed by atoms with Crippen molar-refractivity contribution in [3.8, 4) is 17.2 Å². The maximum atomic E-state index is 13.3. The number of phenolic OH excluding ortho intramolecular Hbond substituents is 1. The van der Waals surface area contributed by atoms with E-state index in [1.807, 2.05) is 13.8 Å². The highest BCUT2D eigenvalue weighted by Crippen LogP contribution is 2.45. The summed E-state index contributed by atoms with van der Waals surface area (Å²) >= 11 is 0. The maximum absolute atomic E-state index is 13.3. The molecule has 8 heteroatoms. The van der Waals surface area contributed by atoms with Crippen LogP contribution in [0.4, 0.5) is 0 Å². The summed E-state index contributed by atoms with van der Waals surface area (Å²) in [5.41, 5.74) is 0.728. The summed E-state index contributed by atoms with van der Waals surface area (Å²) in [5.74, 6) is -0.805. The number of morpholine rings is 1. The average Bonchev–Trinajstić information content (AvgIpc) is 2.76. The Labute approximate surface area is 188 Å². The molecule has 2 aliphatic rings. The van der Waals surface area contributed by atoms with Crippen LogP contribution in [0.1, 0.15) is 38.2 Å². The van der Waals surface area contributed by atoms with Gasteiger partial charge in [-0.1, -0.05) is 18.2 Å². The molecule has 0 bridgehead atoms. The van der Waals surface area contributed by atoms with Gasteiger partial charge < -0.3 is 29.3 Å². The van der Waals surface area contributed by atoms with E-state index in [1.54, 1.807) is 29.2 Å². The minimum atomic E-state index is -0.992. The molecule has 1 fully saturated rings. The van der Waals surface area contributed by atoms with E-state index in [2.05, 4.69) is 0 Å². The number of hydrogen-bond acceptors (Lipinski definition) is 6. The maximum Gasteiger partial charge on any atom is 0.335 e. The molecule has 1 amide bonds. The van der Waals surface area contributed by atoms with Crippen molar-refractivity contribution >= 4 is 11.9 Å². The Morgan fingerprint density at radius 3 is 2.41 bits per heavy atom. The number of ether oxygens (including phenoxy) is 3. The number of phenols is 1. The van der Waals surface area contributed by atoms with Gasteiger partial charge in [-0.05, 0) is 26.2 Å². The monoisotopic (exact) mass is 445 g/mol. The van der Waals surface area contributed by atoms with Crippen LogP contribution in [0.25, 0.3) is 0 Å². The second kappa shape index (κ2) is 10.1. The van der Waals surface area contributed by atoms with Crippen LogP contribution < -0.4 is 9.47 Å². The van der Waals surface area contributed by atoms with Gasteiger partial charge in [-0.15, -0.1) is 0 Å². The number of nitrogens with zero attached hydrogens (tertiary/aromatic N) is 1. The zero-order valence-electron chi connectivity index (χ0n) is 18.9. The summed E-state index contributed by atoms with van der Waals surface area (Å²) in [5, 5.41) is 20.1. The zero-order chi connectivity index (χ0) is 23.4. The van der Waals surface area contributed by atoms with Crippen LogP contribution in [0.3, 0.4) is 0 Å². The molecule has 1 saturated heterocycles. The highest BCUT2D eigenvalue weighted by atomic mass is 16.5. The third-order valence-electron chi connectivity index (χ3n) is 5.98. The molecule has 2 N–H and O–H groups in total. The van der Waals surface area contributed by atoms with Crippen molar-refractivity contribution in [3.05, 3.63) is 41.5 Å². The van der Waals surface area contributed by atoms with Gasteiger partial charge in [0.1, 0.15) is 17.2 Å². The highest BCUT2D eigenvalue weighted by molar-refractivity contribution is 5.90. The normalized spacial score (nSPS) is 23.9. The number of benzene rings is 1. The Morgan fingerprint density at radius 1 is 1.19 bits per heavy atom. The minimum absolute atomic E-state index is 0.0240. The summed E-state index contributed by atoms with van der Waals surface area (Å²) in [6.45, 7) is 4.89. The van der Waals surface area contributed by atoms with Gasteiger partial charge in [0.25, 0.3) is 0 Å². The number of aliphatic carboxylic acids is 1. The standard InChI is InChI=1S/C24H31NO7/c1-14-12-25(13-15(2)32-14)22(27)11-19(16-5-7-17(8-6-16)24(28)29)23-20(26)9-18(30-3)10-21(23)31-4/h5,7-10,14-16,19,26H,6,11-13H2,1-4H3,(H,28,29). The van der Waals surface area contributed by atoms with Gasteiger partial charge in [-0.3, -0.25) is 4.79 Å².